The molecule has 1 aromatic rings. The van der Waals surface area contributed by atoms with E-state index >= 15 is 0 Å². The molecule has 1 aliphatic heterocycles. The predicted molar refractivity (Wildman–Crippen MR) is 99.7 cm³/mol. The summed E-state index contributed by atoms with van der Waals surface area (Å²) in [7, 11) is 0. The number of ether oxygens (including phenoxy) is 1. The minimum Gasteiger partial charge on any atom is -0.458 e. The van der Waals surface area contributed by atoms with Crippen LogP contribution in [0, 0.1) is 11.8 Å². The fourth-order valence-corrected chi connectivity index (χ4v) is 4.23. The molecule has 0 radical (unpaired) electrons. The molecule has 24 heavy (non-hydrogen) atoms. The van der Waals surface area contributed by atoms with Gasteiger partial charge in [0.15, 0.2) is 0 Å². The fraction of sp³-hybridized carbons (Fsp3) is 0.632. The SMILES string of the molecule is CC(=O)OC(CCN1CCC2CCC(C2)C1)c1ccc(Cl)cc1.Cl. The Morgan fingerprint density at radius 2 is 1.96 bits per heavy atom. The second kappa shape index (κ2) is 9.07. The Labute approximate surface area is 156 Å². The van der Waals surface area contributed by atoms with Gasteiger partial charge in [-0.05, 0) is 55.3 Å². The highest BCUT2D eigenvalue weighted by atomic mass is 35.5. The van der Waals surface area contributed by atoms with Gasteiger partial charge >= 0.3 is 5.97 Å². The van der Waals surface area contributed by atoms with Crippen molar-refractivity contribution in [2.24, 2.45) is 11.8 Å². The van der Waals surface area contributed by atoms with Crippen molar-refractivity contribution in [3.05, 3.63) is 34.9 Å². The Kier molecular flexibility index (Phi) is 7.39. The molecule has 3 rings (SSSR count). The Morgan fingerprint density at radius 3 is 2.67 bits per heavy atom. The maximum atomic E-state index is 11.4. The minimum absolute atomic E-state index is 0. The predicted octanol–water partition coefficient (Wildman–Crippen LogP) is 4.88. The lowest BCUT2D eigenvalue weighted by Crippen LogP contribution is -2.31. The van der Waals surface area contributed by atoms with Gasteiger partial charge in [-0.1, -0.05) is 30.2 Å². The molecule has 2 aliphatic rings. The minimum atomic E-state index is -0.222. The molecular formula is C19H27Cl2NO2. The monoisotopic (exact) mass is 371 g/mol. The number of nitrogens with zero attached hydrogens (tertiary/aromatic N) is 1. The third-order valence-electron chi connectivity index (χ3n) is 5.28. The summed E-state index contributed by atoms with van der Waals surface area (Å²) in [5.41, 5.74) is 1.03. The Hall–Kier alpha value is -0.770. The van der Waals surface area contributed by atoms with E-state index in [1.165, 1.54) is 45.7 Å². The summed E-state index contributed by atoms with van der Waals surface area (Å²) >= 11 is 5.96. The van der Waals surface area contributed by atoms with E-state index < -0.39 is 0 Å². The van der Waals surface area contributed by atoms with Gasteiger partial charge < -0.3 is 9.64 Å². The average Bonchev–Trinajstić information content (AvgIpc) is 2.85. The molecule has 0 aromatic heterocycles. The molecular weight excluding hydrogens is 345 g/mol. The summed E-state index contributed by atoms with van der Waals surface area (Å²) < 4.78 is 5.55. The molecule has 1 aromatic carbocycles. The first-order valence-corrected chi connectivity index (χ1v) is 9.13. The van der Waals surface area contributed by atoms with Crippen LogP contribution in [0.25, 0.3) is 0 Å². The zero-order valence-electron chi connectivity index (χ0n) is 14.2. The van der Waals surface area contributed by atoms with Crippen molar-refractivity contribution in [1.82, 2.24) is 4.90 Å². The molecule has 1 saturated carbocycles. The normalized spacial score (nSPS) is 24.8. The molecule has 0 N–H and O–H groups in total. The van der Waals surface area contributed by atoms with E-state index in [2.05, 4.69) is 4.90 Å². The van der Waals surface area contributed by atoms with E-state index in [1.54, 1.807) is 0 Å². The van der Waals surface area contributed by atoms with Gasteiger partial charge in [0.1, 0.15) is 6.10 Å². The highest BCUT2D eigenvalue weighted by Crippen LogP contribution is 2.36. The molecule has 2 fully saturated rings. The van der Waals surface area contributed by atoms with Gasteiger partial charge in [-0.15, -0.1) is 12.4 Å². The van der Waals surface area contributed by atoms with Crippen molar-refractivity contribution >= 4 is 30.0 Å². The molecule has 0 spiro atoms. The molecule has 5 heteroatoms. The van der Waals surface area contributed by atoms with Crippen LogP contribution in [0.2, 0.25) is 5.02 Å². The van der Waals surface area contributed by atoms with Gasteiger partial charge in [0.05, 0.1) is 0 Å². The van der Waals surface area contributed by atoms with E-state index in [0.29, 0.717) is 5.02 Å². The highest BCUT2D eigenvalue weighted by Gasteiger charge is 2.30. The Bertz CT molecular complexity index is 535. The number of esters is 1. The summed E-state index contributed by atoms with van der Waals surface area (Å²) in [5.74, 6) is 1.61. The third-order valence-corrected chi connectivity index (χ3v) is 5.53. The van der Waals surface area contributed by atoms with Crippen LogP contribution in [0.5, 0.6) is 0 Å². The highest BCUT2D eigenvalue weighted by molar-refractivity contribution is 6.30. The first-order chi connectivity index (χ1) is 11.1. The molecule has 3 unspecified atom stereocenters. The summed E-state index contributed by atoms with van der Waals surface area (Å²) in [4.78, 5) is 14.0. The average molecular weight is 372 g/mol. The Morgan fingerprint density at radius 1 is 1.25 bits per heavy atom. The number of halogens is 2. The van der Waals surface area contributed by atoms with Gasteiger partial charge in [0.25, 0.3) is 0 Å². The standard InChI is InChI=1S/C19H26ClNO2.ClH/c1-14(22)23-19(17-4-6-18(20)7-5-17)9-11-21-10-8-15-2-3-16(12-15)13-21;/h4-7,15-16,19H,2-3,8-13H2,1H3;1H. The lowest BCUT2D eigenvalue weighted by molar-refractivity contribution is -0.147. The number of rotatable bonds is 5. The number of hydrogen-bond donors (Lipinski definition) is 0. The topological polar surface area (TPSA) is 29.5 Å². The van der Waals surface area contributed by atoms with E-state index in [0.717, 1.165) is 30.4 Å². The van der Waals surface area contributed by atoms with E-state index in [9.17, 15) is 4.79 Å². The van der Waals surface area contributed by atoms with Gasteiger partial charge in [-0.25, -0.2) is 0 Å². The number of hydrogen-bond acceptors (Lipinski definition) is 3. The fourth-order valence-electron chi connectivity index (χ4n) is 4.10. The molecule has 2 bridgehead atoms. The van der Waals surface area contributed by atoms with Crippen LogP contribution in [0.4, 0.5) is 0 Å². The van der Waals surface area contributed by atoms with Crippen LogP contribution in [0.3, 0.4) is 0 Å². The smallest absolute Gasteiger partial charge is 0.303 e. The summed E-state index contributed by atoms with van der Waals surface area (Å²) in [5, 5.41) is 0.707. The Balaban J connectivity index is 0.00000208. The number of fused-ring (bicyclic) bond motifs is 2. The number of likely N-dealkylation sites (tertiary alicyclic amines) is 1. The van der Waals surface area contributed by atoms with Crippen LogP contribution in [0.15, 0.2) is 24.3 Å². The van der Waals surface area contributed by atoms with Crippen LogP contribution < -0.4 is 0 Å². The number of benzene rings is 1. The van der Waals surface area contributed by atoms with Crippen LogP contribution in [-0.4, -0.2) is 30.5 Å². The van der Waals surface area contributed by atoms with Crippen LogP contribution in [-0.2, 0) is 9.53 Å². The van der Waals surface area contributed by atoms with Crippen molar-refractivity contribution in [1.29, 1.82) is 0 Å². The maximum Gasteiger partial charge on any atom is 0.303 e. The van der Waals surface area contributed by atoms with Crippen LogP contribution >= 0.6 is 24.0 Å². The van der Waals surface area contributed by atoms with Gasteiger partial charge in [0.2, 0.25) is 0 Å². The van der Waals surface area contributed by atoms with Crippen molar-refractivity contribution in [3.8, 4) is 0 Å². The van der Waals surface area contributed by atoms with E-state index in [-0.39, 0.29) is 24.5 Å². The second-order valence-corrected chi connectivity index (χ2v) is 7.51. The number of carbonyl (C=O) groups is 1. The maximum absolute atomic E-state index is 11.4. The van der Waals surface area contributed by atoms with Crippen LogP contribution in [0.1, 0.15) is 50.7 Å². The van der Waals surface area contributed by atoms with Gasteiger partial charge in [0, 0.05) is 31.5 Å². The quantitative estimate of drug-likeness (QED) is 0.690. The lowest BCUT2D eigenvalue weighted by atomic mass is 10.0. The lowest BCUT2D eigenvalue weighted by Gasteiger charge is -2.27. The van der Waals surface area contributed by atoms with E-state index in [4.69, 9.17) is 16.3 Å². The molecule has 134 valence electrons. The summed E-state index contributed by atoms with van der Waals surface area (Å²) in [6.45, 7) is 4.87. The zero-order valence-corrected chi connectivity index (χ0v) is 15.8. The van der Waals surface area contributed by atoms with Crippen molar-refractivity contribution in [2.75, 3.05) is 19.6 Å². The molecule has 3 nitrogen and oxygen atoms in total. The zero-order chi connectivity index (χ0) is 16.2. The van der Waals surface area contributed by atoms with Crippen molar-refractivity contribution < 1.29 is 9.53 Å². The molecule has 1 heterocycles. The second-order valence-electron chi connectivity index (χ2n) is 7.07. The first-order valence-electron chi connectivity index (χ1n) is 8.75. The van der Waals surface area contributed by atoms with Gasteiger partial charge in [-0.3, -0.25) is 4.79 Å². The molecule has 1 saturated heterocycles. The van der Waals surface area contributed by atoms with Gasteiger partial charge in [-0.2, -0.15) is 0 Å². The molecule has 0 amide bonds. The largest absolute Gasteiger partial charge is 0.458 e. The summed E-state index contributed by atoms with van der Waals surface area (Å²) in [6.07, 6.45) is 6.24. The third kappa shape index (κ3) is 5.37. The first kappa shape index (κ1) is 19.6. The molecule has 1 aliphatic carbocycles. The van der Waals surface area contributed by atoms with E-state index in [1.807, 2.05) is 24.3 Å². The summed E-state index contributed by atoms with van der Waals surface area (Å²) in [6, 6.07) is 7.64. The van der Waals surface area contributed by atoms with Crippen molar-refractivity contribution in [3.63, 3.8) is 0 Å². The number of carbonyl (C=O) groups excluding carboxylic acids is 1. The molecule has 3 atom stereocenters. The van der Waals surface area contributed by atoms with Crippen molar-refractivity contribution in [2.45, 2.75) is 45.1 Å².